The maximum Gasteiger partial charge on any atom is 0.310 e. The van der Waals surface area contributed by atoms with E-state index in [1.165, 1.54) is 13.2 Å². The average Bonchev–Trinajstić information content (AvgIpc) is 2.63. The van der Waals surface area contributed by atoms with Gasteiger partial charge in [-0.1, -0.05) is 60.7 Å². The Balaban J connectivity index is 2.33. The van der Waals surface area contributed by atoms with Gasteiger partial charge >= 0.3 is 5.97 Å². The van der Waals surface area contributed by atoms with Crippen LogP contribution in [-0.2, 0) is 16.0 Å². The molecule has 0 aliphatic heterocycles. The summed E-state index contributed by atoms with van der Waals surface area (Å²) >= 11 is 0. The van der Waals surface area contributed by atoms with Crippen LogP contribution in [0.25, 0.3) is 22.3 Å². The van der Waals surface area contributed by atoms with Crippen molar-refractivity contribution in [2.24, 2.45) is 0 Å². The molecule has 0 saturated heterocycles. The number of carbonyl (C=O) groups is 1. The van der Waals surface area contributed by atoms with Crippen LogP contribution < -0.4 is 0 Å². The minimum Gasteiger partial charge on any atom is -0.507 e. The number of hydrogen-bond acceptors (Lipinski definition) is 4. The van der Waals surface area contributed by atoms with Gasteiger partial charge in [0.1, 0.15) is 11.5 Å². The van der Waals surface area contributed by atoms with E-state index >= 15 is 0 Å². The van der Waals surface area contributed by atoms with Crippen molar-refractivity contribution in [1.82, 2.24) is 0 Å². The predicted molar refractivity (Wildman–Crippen MR) is 96.4 cm³/mol. The summed E-state index contributed by atoms with van der Waals surface area (Å²) in [6, 6.07) is 19.9. The summed E-state index contributed by atoms with van der Waals surface area (Å²) in [6.07, 6.45) is -0.0626. The number of phenolic OH excluding ortho intramolecular Hbond substituents is 2. The lowest BCUT2D eigenvalue weighted by molar-refractivity contribution is -0.139. The Morgan fingerprint density at radius 2 is 1.28 bits per heavy atom. The fourth-order valence-corrected chi connectivity index (χ4v) is 2.96. The zero-order chi connectivity index (χ0) is 17.8. The first-order valence-corrected chi connectivity index (χ1v) is 7.87. The molecule has 0 aliphatic carbocycles. The molecule has 0 heterocycles. The molecule has 25 heavy (non-hydrogen) atoms. The average molecular weight is 334 g/mol. The topological polar surface area (TPSA) is 66.8 Å². The molecule has 0 amide bonds. The van der Waals surface area contributed by atoms with Crippen LogP contribution in [0, 0.1) is 0 Å². The lowest BCUT2D eigenvalue weighted by Crippen LogP contribution is -2.07. The summed E-state index contributed by atoms with van der Waals surface area (Å²) in [4.78, 5) is 12.0. The first-order chi connectivity index (χ1) is 12.1. The number of aromatic hydroxyl groups is 2. The van der Waals surface area contributed by atoms with Gasteiger partial charge in [-0.05, 0) is 16.7 Å². The van der Waals surface area contributed by atoms with Crippen molar-refractivity contribution in [2.45, 2.75) is 6.42 Å². The minimum atomic E-state index is -0.445. The third kappa shape index (κ3) is 3.33. The van der Waals surface area contributed by atoms with E-state index in [2.05, 4.69) is 0 Å². The monoisotopic (exact) mass is 334 g/mol. The fraction of sp³-hybridized carbons (Fsp3) is 0.0952. The Morgan fingerprint density at radius 1 is 0.840 bits per heavy atom. The molecule has 0 atom stereocenters. The molecule has 2 N–H and O–H groups in total. The van der Waals surface area contributed by atoms with Crippen LogP contribution in [0.15, 0.2) is 66.7 Å². The SMILES string of the molecule is COC(=O)Cc1c(-c2ccccc2)c(O)cc(O)c1-c1ccccc1. The lowest BCUT2D eigenvalue weighted by Gasteiger charge is -2.18. The third-order valence-electron chi connectivity index (χ3n) is 4.06. The van der Waals surface area contributed by atoms with E-state index < -0.39 is 5.97 Å². The number of phenols is 2. The highest BCUT2D eigenvalue weighted by atomic mass is 16.5. The summed E-state index contributed by atoms with van der Waals surface area (Å²) in [6.45, 7) is 0. The highest BCUT2D eigenvalue weighted by Crippen LogP contribution is 2.44. The van der Waals surface area contributed by atoms with Gasteiger partial charge in [-0.25, -0.2) is 0 Å². The number of methoxy groups -OCH3 is 1. The Labute approximate surface area is 146 Å². The van der Waals surface area contributed by atoms with Crippen LogP contribution in [0.3, 0.4) is 0 Å². The zero-order valence-electron chi connectivity index (χ0n) is 13.8. The van der Waals surface area contributed by atoms with Gasteiger partial charge in [0.2, 0.25) is 0 Å². The van der Waals surface area contributed by atoms with Crippen LogP contribution in [0.2, 0.25) is 0 Å². The molecule has 126 valence electrons. The Kier molecular flexibility index (Phi) is 4.70. The number of hydrogen-bond donors (Lipinski definition) is 2. The standard InChI is InChI=1S/C21H18O4/c1-25-19(24)12-16-20(14-8-4-2-5-9-14)17(22)13-18(23)21(16)15-10-6-3-7-11-15/h2-11,13,22-23H,12H2,1H3. The van der Waals surface area contributed by atoms with E-state index in [1.807, 2.05) is 60.7 Å². The number of esters is 1. The molecule has 0 unspecified atom stereocenters. The maximum atomic E-state index is 12.0. The number of carbonyl (C=O) groups excluding carboxylic acids is 1. The molecule has 0 radical (unpaired) electrons. The molecule has 3 aromatic carbocycles. The highest BCUT2D eigenvalue weighted by Gasteiger charge is 2.22. The smallest absolute Gasteiger partial charge is 0.310 e. The second-order valence-corrected chi connectivity index (χ2v) is 5.63. The van der Waals surface area contributed by atoms with E-state index in [0.29, 0.717) is 16.7 Å². The molecule has 4 heteroatoms. The highest BCUT2D eigenvalue weighted by molar-refractivity contribution is 5.90. The number of rotatable bonds is 4. The van der Waals surface area contributed by atoms with Gasteiger partial charge in [-0.15, -0.1) is 0 Å². The summed E-state index contributed by atoms with van der Waals surface area (Å²) in [5, 5.41) is 20.9. The molecule has 0 fully saturated rings. The van der Waals surface area contributed by atoms with Crippen LogP contribution in [0.5, 0.6) is 11.5 Å². The van der Waals surface area contributed by atoms with E-state index in [9.17, 15) is 15.0 Å². The lowest BCUT2D eigenvalue weighted by atomic mass is 9.88. The second kappa shape index (κ2) is 7.09. The maximum absolute atomic E-state index is 12.0. The van der Waals surface area contributed by atoms with Crippen molar-refractivity contribution in [1.29, 1.82) is 0 Å². The van der Waals surface area contributed by atoms with Crippen molar-refractivity contribution >= 4 is 5.97 Å². The zero-order valence-corrected chi connectivity index (χ0v) is 13.8. The van der Waals surface area contributed by atoms with E-state index in [0.717, 1.165) is 11.1 Å². The molecule has 4 nitrogen and oxygen atoms in total. The van der Waals surface area contributed by atoms with E-state index in [1.54, 1.807) is 0 Å². The van der Waals surface area contributed by atoms with Gasteiger partial charge in [-0.2, -0.15) is 0 Å². The first kappa shape index (κ1) is 16.6. The minimum absolute atomic E-state index is 0.0626. The van der Waals surface area contributed by atoms with Gasteiger partial charge in [0, 0.05) is 17.2 Å². The van der Waals surface area contributed by atoms with Gasteiger partial charge < -0.3 is 14.9 Å². The normalized spacial score (nSPS) is 10.4. The second-order valence-electron chi connectivity index (χ2n) is 5.63. The van der Waals surface area contributed by atoms with Crippen molar-refractivity contribution in [3.05, 3.63) is 72.3 Å². The third-order valence-corrected chi connectivity index (χ3v) is 4.06. The molecular formula is C21H18O4. The fourth-order valence-electron chi connectivity index (χ4n) is 2.96. The van der Waals surface area contributed by atoms with E-state index in [-0.39, 0.29) is 17.9 Å². The van der Waals surface area contributed by atoms with Crippen LogP contribution in [-0.4, -0.2) is 23.3 Å². The van der Waals surface area contributed by atoms with Crippen molar-refractivity contribution in [3.8, 4) is 33.8 Å². The molecule has 0 spiro atoms. The largest absolute Gasteiger partial charge is 0.507 e. The Hall–Kier alpha value is -3.27. The molecule has 0 saturated carbocycles. The van der Waals surface area contributed by atoms with Crippen molar-refractivity contribution < 1.29 is 19.7 Å². The van der Waals surface area contributed by atoms with Crippen molar-refractivity contribution in [3.63, 3.8) is 0 Å². The van der Waals surface area contributed by atoms with Crippen LogP contribution in [0.1, 0.15) is 5.56 Å². The summed E-state index contributed by atoms with van der Waals surface area (Å²) < 4.78 is 4.81. The molecule has 3 rings (SSSR count). The van der Waals surface area contributed by atoms with E-state index in [4.69, 9.17) is 4.74 Å². The van der Waals surface area contributed by atoms with Crippen molar-refractivity contribution in [2.75, 3.05) is 7.11 Å². The van der Waals surface area contributed by atoms with Gasteiger partial charge in [0.15, 0.2) is 0 Å². The molecule has 0 aromatic heterocycles. The molecule has 0 aliphatic rings. The summed E-state index contributed by atoms with van der Waals surface area (Å²) in [7, 11) is 1.31. The van der Waals surface area contributed by atoms with Gasteiger partial charge in [-0.3, -0.25) is 4.79 Å². The van der Waals surface area contributed by atoms with Crippen LogP contribution >= 0.6 is 0 Å². The van der Waals surface area contributed by atoms with Gasteiger partial charge in [0.25, 0.3) is 0 Å². The molecule has 3 aromatic rings. The van der Waals surface area contributed by atoms with Gasteiger partial charge in [0.05, 0.1) is 13.5 Å². The summed E-state index contributed by atoms with van der Waals surface area (Å²) in [5.74, 6) is -0.607. The Bertz CT molecular complexity index is 823. The summed E-state index contributed by atoms with van der Waals surface area (Å²) in [5.41, 5.74) is 3.08. The first-order valence-electron chi connectivity index (χ1n) is 7.87. The predicted octanol–water partition coefficient (Wildman–Crippen LogP) is 4.15. The van der Waals surface area contributed by atoms with Crippen LogP contribution in [0.4, 0.5) is 0 Å². The quantitative estimate of drug-likeness (QED) is 0.704. The molecular weight excluding hydrogens is 316 g/mol. The molecule has 0 bridgehead atoms. The number of ether oxygens (including phenoxy) is 1. The Morgan fingerprint density at radius 3 is 1.68 bits per heavy atom. The number of benzene rings is 3.